The largest absolute Gasteiger partial charge is 0.399 e. The third kappa shape index (κ3) is 3.13. The summed E-state index contributed by atoms with van der Waals surface area (Å²) in [6, 6.07) is 12.1. The minimum absolute atomic E-state index is 0.0111. The number of anilines is 2. The van der Waals surface area contributed by atoms with Crippen LogP contribution in [0, 0.1) is 12.7 Å². The molecule has 0 aliphatic carbocycles. The van der Waals surface area contributed by atoms with Gasteiger partial charge in [-0.25, -0.2) is 4.39 Å². The number of para-hydroxylation sites is 1. The van der Waals surface area contributed by atoms with E-state index in [1.54, 1.807) is 29.2 Å². The molecule has 2 aromatic rings. The molecule has 0 atom stereocenters. The van der Waals surface area contributed by atoms with Crippen LogP contribution in [-0.2, 0) is 0 Å². The molecule has 2 aromatic carbocycles. The number of nitrogen functional groups attached to an aromatic ring is 1. The van der Waals surface area contributed by atoms with E-state index in [0.29, 0.717) is 43.1 Å². The first kappa shape index (κ1) is 15.3. The molecule has 1 aliphatic heterocycles. The van der Waals surface area contributed by atoms with Gasteiger partial charge < -0.3 is 15.5 Å². The van der Waals surface area contributed by atoms with Crippen LogP contribution in [0.4, 0.5) is 15.8 Å². The van der Waals surface area contributed by atoms with Gasteiger partial charge in [0.15, 0.2) is 0 Å². The highest BCUT2D eigenvalue weighted by Crippen LogP contribution is 2.21. The topological polar surface area (TPSA) is 49.6 Å². The summed E-state index contributed by atoms with van der Waals surface area (Å²) in [5.74, 6) is -0.234. The molecule has 0 radical (unpaired) electrons. The van der Waals surface area contributed by atoms with Crippen LogP contribution < -0.4 is 10.6 Å². The number of nitrogens with two attached hydrogens (primary N) is 1. The highest BCUT2D eigenvalue weighted by molar-refractivity contribution is 5.96. The number of hydrogen-bond donors (Lipinski definition) is 1. The molecule has 1 heterocycles. The van der Waals surface area contributed by atoms with Crippen LogP contribution in [-0.4, -0.2) is 37.0 Å². The van der Waals surface area contributed by atoms with Gasteiger partial charge >= 0.3 is 0 Å². The fourth-order valence-electron chi connectivity index (χ4n) is 2.90. The molecule has 0 aromatic heterocycles. The number of carbonyl (C=O) groups is 1. The minimum Gasteiger partial charge on any atom is -0.399 e. The smallest absolute Gasteiger partial charge is 0.254 e. The first-order chi connectivity index (χ1) is 11.1. The Labute approximate surface area is 135 Å². The molecule has 0 saturated carbocycles. The summed E-state index contributed by atoms with van der Waals surface area (Å²) in [6.07, 6.45) is 0. The zero-order valence-corrected chi connectivity index (χ0v) is 13.1. The molecule has 0 bridgehead atoms. The summed E-state index contributed by atoms with van der Waals surface area (Å²) in [7, 11) is 0. The molecule has 1 amide bonds. The molecule has 2 N–H and O–H groups in total. The first-order valence-electron chi connectivity index (χ1n) is 7.71. The molecule has 23 heavy (non-hydrogen) atoms. The van der Waals surface area contributed by atoms with E-state index in [4.69, 9.17) is 5.73 Å². The average molecular weight is 313 g/mol. The number of nitrogens with zero attached hydrogens (tertiary/aromatic N) is 2. The van der Waals surface area contributed by atoms with Crippen LogP contribution in [0.15, 0.2) is 42.5 Å². The Morgan fingerprint density at radius 1 is 1.09 bits per heavy atom. The van der Waals surface area contributed by atoms with Crippen LogP contribution in [0.1, 0.15) is 15.9 Å². The molecule has 120 valence electrons. The third-order valence-electron chi connectivity index (χ3n) is 4.25. The van der Waals surface area contributed by atoms with Crippen molar-refractivity contribution in [3.63, 3.8) is 0 Å². The van der Waals surface area contributed by atoms with Crippen molar-refractivity contribution in [2.75, 3.05) is 36.8 Å². The third-order valence-corrected chi connectivity index (χ3v) is 4.25. The number of piperazine rings is 1. The molecule has 0 unspecified atom stereocenters. The van der Waals surface area contributed by atoms with Crippen molar-refractivity contribution >= 4 is 17.3 Å². The number of carbonyl (C=O) groups excluding carboxylic acids is 1. The van der Waals surface area contributed by atoms with Crippen LogP contribution >= 0.6 is 0 Å². The van der Waals surface area contributed by atoms with Crippen molar-refractivity contribution < 1.29 is 9.18 Å². The van der Waals surface area contributed by atoms with Gasteiger partial charge in [-0.3, -0.25) is 4.79 Å². The lowest BCUT2D eigenvalue weighted by Gasteiger charge is -2.36. The van der Waals surface area contributed by atoms with Gasteiger partial charge in [0, 0.05) is 37.4 Å². The first-order valence-corrected chi connectivity index (χ1v) is 7.71. The fraction of sp³-hybridized carbons (Fsp3) is 0.278. The van der Waals surface area contributed by atoms with E-state index in [0.717, 1.165) is 5.56 Å². The molecule has 1 saturated heterocycles. The number of amides is 1. The van der Waals surface area contributed by atoms with Gasteiger partial charge in [0.2, 0.25) is 0 Å². The average Bonchev–Trinajstić information content (AvgIpc) is 2.57. The van der Waals surface area contributed by atoms with E-state index < -0.39 is 0 Å². The van der Waals surface area contributed by atoms with E-state index in [-0.39, 0.29) is 11.7 Å². The van der Waals surface area contributed by atoms with Crippen molar-refractivity contribution in [1.29, 1.82) is 0 Å². The maximum Gasteiger partial charge on any atom is 0.254 e. The van der Waals surface area contributed by atoms with Crippen molar-refractivity contribution in [2.45, 2.75) is 6.92 Å². The van der Waals surface area contributed by atoms with Gasteiger partial charge in [-0.05, 0) is 36.8 Å². The second-order valence-electron chi connectivity index (χ2n) is 5.81. The zero-order valence-electron chi connectivity index (χ0n) is 13.1. The molecule has 0 spiro atoms. The maximum atomic E-state index is 13.9. The van der Waals surface area contributed by atoms with Crippen LogP contribution in [0.2, 0.25) is 0 Å². The molecule has 5 heteroatoms. The summed E-state index contributed by atoms with van der Waals surface area (Å²) >= 11 is 0. The predicted molar refractivity (Wildman–Crippen MR) is 90.1 cm³/mol. The molecule has 4 nitrogen and oxygen atoms in total. The molecular weight excluding hydrogens is 293 g/mol. The molecule has 1 fully saturated rings. The Morgan fingerprint density at radius 3 is 2.48 bits per heavy atom. The van der Waals surface area contributed by atoms with Gasteiger partial charge in [0.1, 0.15) is 5.82 Å². The second kappa shape index (κ2) is 6.28. The summed E-state index contributed by atoms with van der Waals surface area (Å²) in [6.45, 7) is 4.28. The van der Waals surface area contributed by atoms with Crippen LogP contribution in [0.25, 0.3) is 0 Å². The lowest BCUT2D eigenvalue weighted by Crippen LogP contribution is -2.49. The number of rotatable bonds is 2. The van der Waals surface area contributed by atoms with Crippen molar-refractivity contribution in [3.05, 3.63) is 59.4 Å². The van der Waals surface area contributed by atoms with E-state index in [2.05, 4.69) is 0 Å². The van der Waals surface area contributed by atoms with E-state index in [1.807, 2.05) is 24.0 Å². The quantitative estimate of drug-likeness (QED) is 0.867. The normalized spacial score (nSPS) is 14.9. The number of halogens is 1. The lowest BCUT2D eigenvalue weighted by atomic mass is 10.1. The van der Waals surface area contributed by atoms with Gasteiger partial charge in [0.05, 0.1) is 5.69 Å². The van der Waals surface area contributed by atoms with Gasteiger partial charge in [-0.15, -0.1) is 0 Å². The summed E-state index contributed by atoms with van der Waals surface area (Å²) < 4.78 is 13.9. The Morgan fingerprint density at radius 2 is 1.78 bits per heavy atom. The van der Waals surface area contributed by atoms with Gasteiger partial charge in [-0.1, -0.05) is 18.2 Å². The van der Waals surface area contributed by atoms with E-state index in [9.17, 15) is 9.18 Å². The van der Waals surface area contributed by atoms with Crippen molar-refractivity contribution in [1.82, 2.24) is 4.90 Å². The highest BCUT2D eigenvalue weighted by Gasteiger charge is 2.24. The summed E-state index contributed by atoms with van der Waals surface area (Å²) in [5, 5.41) is 0. The van der Waals surface area contributed by atoms with Crippen LogP contribution in [0.3, 0.4) is 0 Å². The summed E-state index contributed by atoms with van der Waals surface area (Å²) in [4.78, 5) is 16.4. The molecule has 1 aliphatic rings. The summed E-state index contributed by atoms with van der Waals surface area (Å²) in [5.41, 5.74) is 8.53. The minimum atomic E-state index is -0.223. The van der Waals surface area contributed by atoms with Gasteiger partial charge in [-0.2, -0.15) is 0 Å². The van der Waals surface area contributed by atoms with E-state index in [1.165, 1.54) is 6.07 Å². The van der Waals surface area contributed by atoms with Crippen LogP contribution in [0.5, 0.6) is 0 Å². The molecular formula is C18H20FN3O. The maximum absolute atomic E-state index is 13.9. The fourth-order valence-corrected chi connectivity index (χ4v) is 2.90. The predicted octanol–water partition coefficient (Wildman–Crippen LogP) is 2.68. The number of hydrogen-bond acceptors (Lipinski definition) is 3. The van der Waals surface area contributed by atoms with Crippen molar-refractivity contribution in [3.8, 4) is 0 Å². The lowest BCUT2D eigenvalue weighted by molar-refractivity contribution is 0.0746. The van der Waals surface area contributed by atoms with Gasteiger partial charge in [0.25, 0.3) is 5.91 Å². The Kier molecular flexibility index (Phi) is 4.19. The number of benzene rings is 2. The Hall–Kier alpha value is -2.56. The van der Waals surface area contributed by atoms with E-state index >= 15 is 0 Å². The zero-order chi connectivity index (χ0) is 16.4. The SMILES string of the molecule is Cc1ccc(N)cc1C(=O)N1CCN(c2ccccc2F)CC1. The highest BCUT2D eigenvalue weighted by atomic mass is 19.1. The number of aryl methyl sites for hydroxylation is 1. The monoisotopic (exact) mass is 313 g/mol. The van der Waals surface area contributed by atoms with Crippen molar-refractivity contribution in [2.24, 2.45) is 0 Å². The Bertz CT molecular complexity index is 724. The standard InChI is InChI=1S/C18H20FN3O/c1-13-6-7-14(20)12-15(13)18(23)22-10-8-21(9-11-22)17-5-3-2-4-16(17)19/h2-7,12H,8-11,20H2,1H3. The second-order valence-corrected chi connectivity index (χ2v) is 5.81. The molecule has 3 rings (SSSR count). The Balaban J connectivity index is 1.70.